The van der Waals surface area contributed by atoms with Crippen molar-refractivity contribution >= 4 is 21.6 Å². The maximum atomic E-state index is 12.3. The predicted octanol–water partition coefficient (Wildman–Crippen LogP) is 1.95. The quantitative estimate of drug-likeness (QED) is 0.909. The predicted molar refractivity (Wildman–Crippen MR) is 84.8 cm³/mol. The highest BCUT2D eigenvalue weighted by atomic mass is 32.1. The Bertz CT molecular complexity index is 707. The number of piperidine rings is 1. The van der Waals surface area contributed by atoms with Crippen LogP contribution in [0.25, 0.3) is 10.2 Å². The highest BCUT2D eigenvalue weighted by molar-refractivity contribution is 7.18. The van der Waals surface area contributed by atoms with Crippen LogP contribution in [-0.2, 0) is 6.54 Å². The molecule has 1 saturated heterocycles. The molecule has 2 aromatic heterocycles. The minimum atomic E-state index is -0.0468. The van der Waals surface area contributed by atoms with Gasteiger partial charge in [0.05, 0.1) is 18.5 Å². The van der Waals surface area contributed by atoms with Crippen molar-refractivity contribution in [1.82, 2.24) is 14.9 Å². The number of aryl methyl sites for hydroxylation is 2. The van der Waals surface area contributed by atoms with Crippen LogP contribution in [0, 0.1) is 13.8 Å². The number of hydrogen-bond acceptors (Lipinski definition) is 5. The number of fused-ring (bicyclic) bond motifs is 1. The van der Waals surface area contributed by atoms with Crippen LogP contribution in [0.15, 0.2) is 4.79 Å². The summed E-state index contributed by atoms with van der Waals surface area (Å²) >= 11 is 1.58. The van der Waals surface area contributed by atoms with E-state index in [4.69, 9.17) is 0 Å². The maximum absolute atomic E-state index is 12.3. The van der Waals surface area contributed by atoms with E-state index in [1.807, 2.05) is 13.8 Å². The molecule has 21 heavy (non-hydrogen) atoms. The fraction of sp³-hybridized carbons (Fsp3) is 0.600. The molecule has 0 bridgehead atoms. The third kappa shape index (κ3) is 2.75. The first-order chi connectivity index (χ1) is 10.1. The average Bonchev–Trinajstić information content (AvgIpc) is 2.75. The third-order valence-electron chi connectivity index (χ3n) is 4.40. The van der Waals surface area contributed by atoms with E-state index < -0.39 is 0 Å². The molecule has 0 saturated carbocycles. The molecule has 3 rings (SSSR count). The Hall–Kier alpha value is -1.24. The molecule has 0 spiro atoms. The van der Waals surface area contributed by atoms with Gasteiger partial charge in [0.25, 0.3) is 5.56 Å². The van der Waals surface area contributed by atoms with Crippen molar-refractivity contribution in [1.29, 1.82) is 0 Å². The number of hydrogen-bond donors (Lipinski definition) is 2. The van der Waals surface area contributed by atoms with Gasteiger partial charge in [0, 0.05) is 10.9 Å². The molecular formula is C15H21N3O2S. The lowest BCUT2D eigenvalue weighted by molar-refractivity contribution is 0.0820. The summed E-state index contributed by atoms with van der Waals surface area (Å²) in [4.78, 5) is 24.0. The van der Waals surface area contributed by atoms with E-state index in [-0.39, 0.29) is 18.2 Å². The van der Waals surface area contributed by atoms with E-state index in [0.717, 1.165) is 46.5 Å². The molecule has 2 aromatic rings. The van der Waals surface area contributed by atoms with Gasteiger partial charge in [-0.3, -0.25) is 9.69 Å². The Balaban J connectivity index is 1.92. The van der Waals surface area contributed by atoms with Crippen molar-refractivity contribution in [2.24, 2.45) is 0 Å². The number of aliphatic hydroxyl groups excluding tert-OH is 1. The molecular weight excluding hydrogens is 286 g/mol. The third-order valence-corrected chi connectivity index (χ3v) is 5.50. The molecule has 1 aliphatic rings. The summed E-state index contributed by atoms with van der Waals surface area (Å²) in [5.41, 5.74) is 0.982. The van der Waals surface area contributed by atoms with Gasteiger partial charge in [-0.25, -0.2) is 4.98 Å². The summed E-state index contributed by atoms with van der Waals surface area (Å²) in [7, 11) is 0. The maximum Gasteiger partial charge on any atom is 0.259 e. The molecule has 0 aromatic carbocycles. The number of aromatic amines is 1. The molecule has 6 heteroatoms. The average molecular weight is 307 g/mol. The molecule has 0 amide bonds. The van der Waals surface area contributed by atoms with Gasteiger partial charge in [-0.15, -0.1) is 11.3 Å². The van der Waals surface area contributed by atoms with Gasteiger partial charge >= 0.3 is 0 Å². The molecule has 0 radical (unpaired) electrons. The van der Waals surface area contributed by atoms with Gasteiger partial charge in [-0.05, 0) is 38.8 Å². The smallest absolute Gasteiger partial charge is 0.259 e. The number of H-pyrrole nitrogens is 1. The van der Waals surface area contributed by atoms with E-state index in [2.05, 4.69) is 14.9 Å². The van der Waals surface area contributed by atoms with Gasteiger partial charge in [0.15, 0.2) is 0 Å². The van der Waals surface area contributed by atoms with Crippen molar-refractivity contribution in [3.8, 4) is 0 Å². The standard InChI is InChI=1S/C15H21N3O2S/c1-9-10(2)21-15-13(9)14(20)16-12(17-15)7-18-6-4-3-5-11(18)8-19/h11,19H,3-8H2,1-2H3,(H,16,17,20). The lowest BCUT2D eigenvalue weighted by atomic mass is 10.0. The van der Waals surface area contributed by atoms with Crippen LogP contribution in [0.4, 0.5) is 0 Å². The zero-order valence-electron chi connectivity index (χ0n) is 12.5. The fourth-order valence-corrected chi connectivity index (χ4v) is 4.09. The fourth-order valence-electron chi connectivity index (χ4n) is 3.04. The van der Waals surface area contributed by atoms with E-state index in [1.54, 1.807) is 11.3 Å². The minimum Gasteiger partial charge on any atom is -0.395 e. The van der Waals surface area contributed by atoms with E-state index in [1.165, 1.54) is 0 Å². The topological polar surface area (TPSA) is 69.2 Å². The lowest BCUT2D eigenvalue weighted by Crippen LogP contribution is -2.41. The zero-order chi connectivity index (χ0) is 15.0. The molecule has 1 unspecified atom stereocenters. The summed E-state index contributed by atoms with van der Waals surface area (Å²) in [5.74, 6) is 0.703. The monoisotopic (exact) mass is 307 g/mol. The molecule has 0 aliphatic carbocycles. The van der Waals surface area contributed by atoms with Crippen molar-refractivity contribution in [3.05, 3.63) is 26.6 Å². The van der Waals surface area contributed by atoms with Gasteiger partial charge in [0.1, 0.15) is 10.7 Å². The van der Waals surface area contributed by atoms with Crippen LogP contribution in [0.5, 0.6) is 0 Å². The normalized spacial score (nSPS) is 20.2. The number of nitrogens with zero attached hydrogens (tertiary/aromatic N) is 2. The van der Waals surface area contributed by atoms with E-state index in [0.29, 0.717) is 12.4 Å². The Morgan fingerprint density at radius 3 is 3.00 bits per heavy atom. The number of nitrogens with one attached hydrogen (secondary N) is 1. The molecule has 5 nitrogen and oxygen atoms in total. The Kier molecular flexibility index (Phi) is 4.10. The Labute approximate surface area is 127 Å². The van der Waals surface area contributed by atoms with Crippen molar-refractivity contribution in [2.45, 2.75) is 45.7 Å². The molecule has 3 heterocycles. The van der Waals surface area contributed by atoms with Crippen molar-refractivity contribution in [2.75, 3.05) is 13.2 Å². The number of rotatable bonds is 3. The Morgan fingerprint density at radius 2 is 2.24 bits per heavy atom. The van der Waals surface area contributed by atoms with E-state index >= 15 is 0 Å². The van der Waals surface area contributed by atoms with Gasteiger partial charge in [-0.1, -0.05) is 6.42 Å². The summed E-state index contributed by atoms with van der Waals surface area (Å²) in [5, 5.41) is 10.2. The lowest BCUT2D eigenvalue weighted by Gasteiger charge is -2.33. The van der Waals surface area contributed by atoms with Gasteiger partial charge in [0.2, 0.25) is 0 Å². The SMILES string of the molecule is Cc1sc2nc(CN3CCCCC3CO)[nH]c(=O)c2c1C. The molecule has 1 aliphatic heterocycles. The summed E-state index contributed by atoms with van der Waals surface area (Å²) in [6, 6.07) is 0.187. The largest absolute Gasteiger partial charge is 0.395 e. The second-order valence-electron chi connectivity index (χ2n) is 5.78. The first-order valence-corrected chi connectivity index (χ1v) is 8.25. The van der Waals surface area contributed by atoms with Gasteiger partial charge in [-0.2, -0.15) is 0 Å². The molecule has 1 fully saturated rings. The number of aromatic nitrogens is 2. The second kappa shape index (κ2) is 5.87. The van der Waals surface area contributed by atoms with Gasteiger partial charge < -0.3 is 10.1 Å². The van der Waals surface area contributed by atoms with Crippen LogP contribution < -0.4 is 5.56 Å². The summed E-state index contributed by atoms with van der Waals surface area (Å²) in [6.45, 7) is 5.72. The summed E-state index contributed by atoms with van der Waals surface area (Å²) in [6.07, 6.45) is 3.31. The Morgan fingerprint density at radius 1 is 1.43 bits per heavy atom. The number of likely N-dealkylation sites (tertiary alicyclic amines) is 1. The van der Waals surface area contributed by atoms with Crippen LogP contribution in [0.1, 0.15) is 35.5 Å². The first kappa shape index (κ1) is 14.7. The highest BCUT2D eigenvalue weighted by Gasteiger charge is 2.23. The van der Waals surface area contributed by atoms with Crippen LogP contribution in [-0.4, -0.2) is 39.2 Å². The van der Waals surface area contributed by atoms with Crippen LogP contribution in [0.2, 0.25) is 0 Å². The first-order valence-electron chi connectivity index (χ1n) is 7.44. The second-order valence-corrected chi connectivity index (χ2v) is 6.98. The minimum absolute atomic E-state index is 0.0468. The molecule has 1 atom stereocenters. The highest BCUT2D eigenvalue weighted by Crippen LogP contribution is 2.26. The zero-order valence-corrected chi connectivity index (χ0v) is 13.3. The van der Waals surface area contributed by atoms with E-state index in [9.17, 15) is 9.90 Å². The number of thiophene rings is 1. The molecule has 2 N–H and O–H groups in total. The van der Waals surface area contributed by atoms with Crippen molar-refractivity contribution in [3.63, 3.8) is 0 Å². The number of aliphatic hydroxyl groups is 1. The molecule has 114 valence electrons. The summed E-state index contributed by atoms with van der Waals surface area (Å²) < 4.78 is 0. The van der Waals surface area contributed by atoms with Crippen LogP contribution >= 0.6 is 11.3 Å². The van der Waals surface area contributed by atoms with Crippen molar-refractivity contribution < 1.29 is 5.11 Å². The van der Waals surface area contributed by atoms with Crippen LogP contribution in [0.3, 0.4) is 0 Å².